The van der Waals surface area contributed by atoms with Crippen LogP contribution in [0.1, 0.15) is 41.2 Å². The Morgan fingerprint density at radius 3 is 2.36 bits per heavy atom. The number of carbonyl (C=O) groups excluding carboxylic acids is 1. The van der Waals surface area contributed by atoms with Gasteiger partial charge in [-0.2, -0.15) is 0 Å². The summed E-state index contributed by atoms with van der Waals surface area (Å²) in [5.74, 6) is -0.0132. The molecule has 2 atom stereocenters. The average molecular weight is 380 g/mol. The largest absolute Gasteiger partial charge is 0.394 e. The monoisotopic (exact) mass is 380 g/mol. The van der Waals surface area contributed by atoms with Gasteiger partial charge in [0.2, 0.25) is 0 Å². The van der Waals surface area contributed by atoms with Crippen LogP contribution in [-0.2, 0) is 4.74 Å². The van der Waals surface area contributed by atoms with Crippen LogP contribution in [0.15, 0.2) is 54.6 Å². The molecule has 0 radical (unpaired) electrons. The molecule has 0 spiro atoms. The Kier molecular flexibility index (Phi) is 5.93. The molecule has 2 aliphatic rings. The predicted octanol–water partition coefficient (Wildman–Crippen LogP) is 3.25. The van der Waals surface area contributed by atoms with E-state index in [1.165, 1.54) is 24.9 Å². The number of nitrogens with zero attached hydrogens (tertiary/aromatic N) is 2. The smallest absolute Gasteiger partial charge is 0.254 e. The van der Waals surface area contributed by atoms with Crippen molar-refractivity contribution in [1.82, 2.24) is 4.90 Å². The number of aliphatic hydroxyl groups excluding tert-OH is 1. The maximum atomic E-state index is 13.3. The number of anilines is 1. The van der Waals surface area contributed by atoms with Crippen LogP contribution in [0.25, 0.3) is 0 Å². The molecule has 2 saturated heterocycles. The summed E-state index contributed by atoms with van der Waals surface area (Å²) in [6.45, 7) is 3.02. The first-order chi connectivity index (χ1) is 13.8. The van der Waals surface area contributed by atoms with Gasteiger partial charge in [-0.15, -0.1) is 0 Å². The number of carbonyl (C=O) groups is 1. The van der Waals surface area contributed by atoms with Crippen LogP contribution in [-0.4, -0.2) is 54.9 Å². The highest BCUT2D eigenvalue weighted by molar-refractivity contribution is 5.95. The number of piperidine rings is 1. The molecule has 0 bridgehead atoms. The van der Waals surface area contributed by atoms with Crippen LogP contribution in [0, 0.1) is 0 Å². The number of aliphatic hydroxyl groups is 1. The molecule has 2 aromatic rings. The molecule has 1 N–H and O–H groups in total. The van der Waals surface area contributed by atoms with Gasteiger partial charge in [-0.1, -0.05) is 30.3 Å². The highest BCUT2D eigenvalue weighted by Gasteiger charge is 2.36. The number of hydrogen-bond acceptors (Lipinski definition) is 4. The van der Waals surface area contributed by atoms with Crippen LogP contribution < -0.4 is 4.90 Å². The van der Waals surface area contributed by atoms with Crippen LogP contribution in [0.2, 0.25) is 0 Å². The minimum absolute atomic E-state index is 0.0132. The first-order valence-corrected chi connectivity index (χ1v) is 10.2. The Labute approximate surface area is 166 Å². The van der Waals surface area contributed by atoms with E-state index in [1.807, 2.05) is 47.4 Å². The first kappa shape index (κ1) is 19.0. The van der Waals surface area contributed by atoms with Crippen LogP contribution in [0.3, 0.4) is 0 Å². The summed E-state index contributed by atoms with van der Waals surface area (Å²) in [6, 6.07) is 17.5. The molecule has 4 rings (SSSR count). The van der Waals surface area contributed by atoms with Crippen molar-refractivity contribution in [3.63, 3.8) is 0 Å². The van der Waals surface area contributed by atoms with E-state index in [9.17, 15) is 9.90 Å². The van der Waals surface area contributed by atoms with Crippen molar-refractivity contribution in [2.24, 2.45) is 0 Å². The third-order valence-electron chi connectivity index (χ3n) is 5.77. The summed E-state index contributed by atoms with van der Waals surface area (Å²) in [4.78, 5) is 17.5. The number of amides is 1. The molecule has 5 heteroatoms. The van der Waals surface area contributed by atoms with E-state index in [0.29, 0.717) is 18.7 Å². The maximum Gasteiger partial charge on any atom is 0.254 e. The fourth-order valence-corrected chi connectivity index (χ4v) is 4.29. The van der Waals surface area contributed by atoms with Crippen molar-refractivity contribution in [1.29, 1.82) is 0 Å². The van der Waals surface area contributed by atoms with Crippen molar-refractivity contribution in [2.45, 2.75) is 31.4 Å². The lowest BCUT2D eigenvalue weighted by atomic mass is 9.97. The highest BCUT2D eigenvalue weighted by Crippen LogP contribution is 2.31. The molecule has 0 aromatic heterocycles. The second-order valence-electron chi connectivity index (χ2n) is 7.54. The lowest BCUT2D eigenvalue weighted by molar-refractivity contribution is -0.0811. The van der Waals surface area contributed by atoms with Gasteiger partial charge in [0.05, 0.1) is 19.3 Å². The van der Waals surface area contributed by atoms with E-state index in [0.717, 1.165) is 18.7 Å². The molecule has 28 heavy (non-hydrogen) atoms. The van der Waals surface area contributed by atoms with Crippen molar-refractivity contribution in [3.05, 3.63) is 65.7 Å². The SMILES string of the molecule is O=C(c1ccc(N2CCCCC2)cc1)N1CCO[C@H](CO)[C@H]1c1ccccc1. The molecule has 0 aliphatic carbocycles. The molecule has 2 heterocycles. The number of benzene rings is 2. The lowest BCUT2D eigenvalue weighted by Gasteiger charge is -2.41. The quantitative estimate of drug-likeness (QED) is 0.885. The minimum atomic E-state index is -0.410. The number of rotatable bonds is 4. The zero-order chi connectivity index (χ0) is 19.3. The zero-order valence-electron chi connectivity index (χ0n) is 16.2. The number of ether oxygens (including phenoxy) is 1. The predicted molar refractivity (Wildman–Crippen MR) is 110 cm³/mol. The van der Waals surface area contributed by atoms with Gasteiger partial charge in [-0.25, -0.2) is 0 Å². The number of hydrogen-bond donors (Lipinski definition) is 1. The van der Waals surface area contributed by atoms with E-state index >= 15 is 0 Å². The van der Waals surface area contributed by atoms with E-state index < -0.39 is 6.10 Å². The summed E-state index contributed by atoms with van der Waals surface area (Å²) >= 11 is 0. The van der Waals surface area contributed by atoms with E-state index in [-0.39, 0.29) is 18.6 Å². The van der Waals surface area contributed by atoms with Gasteiger partial charge in [0.25, 0.3) is 5.91 Å². The van der Waals surface area contributed by atoms with Gasteiger partial charge in [0.15, 0.2) is 0 Å². The van der Waals surface area contributed by atoms with Gasteiger partial charge in [0.1, 0.15) is 6.10 Å². The maximum absolute atomic E-state index is 13.3. The molecule has 148 valence electrons. The molecular weight excluding hydrogens is 352 g/mol. The fraction of sp³-hybridized carbons (Fsp3) is 0.435. The van der Waals surface area contributed by atoms with Crippen LogP contribution >= 0.6 is 0 Å². The number of morpholine rings is 1. The van der Waals surface area contributed by atoms with Gasteiger partial charge in [0, 0.05) is 30.9 Å². The van der Waals surface area contributed by atoms with Crippen LogP contribution in [0.5, 0.6) is 0 Å². The Morgan fingerprint density at radius 1 is 0.964 bits per heavy atom. The summed E-state index contributed by atoms with van der Waals surface area (Å²) in [7, 11) is 0. The van der Waals surface area contributed by atoms with Crippen LogP contribution in [0.4, 0.5) is 5.69 Å². The fourth-order valence-electron chi connectivity index (χ4n) is 4.29. The topological polar surface area (TPSA) is 53.0 Å². The molecular formula is C23H28N2O3. The standard InChI is InChI=1S/C23H28N2O3/c26-17-21-22(18-7-3-1-4-8-18)25(15-16-28-21)23(27)19-9-11-20(12-10-19)24-13-5-2-6-14-24/h1,3-4,7-12,21-22,26H,2,5-6,13-17H2/t21-,22-/m1/s1. The average Bonchev–Trinajstić information content (AvgIpc) is 2.79. The van der Waals surface area contributed by atoms with Crippen molar-refractivity contribution < 1.29 is 14.6 Å². The Balaban J connectivity index is 1.56. The molecule has 5 nitrogen and oxygen atoms in total. The van der Waals surface area contributed by atoms with Gasteiger partial charge >= 0.3 is 0 Å². The van der Waals surface area contributed by atoms with Gasteiger partial charge in [-0.05, 0) is 49.1 Å². The zero-order valence-corrected chi connectivity index (χ0v) is 16.2. The second-order valence-corrected chi connectivity index (χ2v) is 7.54. The molecule has 0 unspecified atom stereocenters. The molecule has 2 aromatic carbocycles. The van der Waals surface area contributed by atoms with E-state index in [1.54, 1.807) is 0 Å². The molecule has 2 aliphatic heterocycles. The third-order valence-corrected chi connectivity index (χ3v) is 5.77. The Hall–Kier alpha value is -2.37. The summed E-state index contributed by atoms with van der Waals surface area (Å²) in [5.41, 5.74) is 2.85. The van der Waals surface area contributed by atoms with Crippen molar-refractivity contribution >= 4 is 11.6 Å². The Morgan fingerprint density at radius 2 is 1.68 bits per heavy atom. The van der Waals surface area contributed by atoms with Crippen molar-refractivity contribution in [3.8, 4) is 0 Å². The normalized spacial score (nSPS) is 22.9. The molecule has 1 amide bonds. The van der Waals surface area contributed by atoms with E-state index in [2.05, 4.69) is 17.0 Å². The molecule has 0 saturated carbocycles. The van der Waals surface area contributed by atoms with Gasteiger partial charge < -0.3 is 19.6 Å². The molecule has 2 fully saturated rings. The first-order valence-electron chi connectivity index (χ1n) is 10.2. The second kappa shape index (κ2) is 8.76. The lowest BCUT2D eigenvalue weighted by Crippen LogP contribution is -2.49. The Bertz CT molecular complexity index is 772. The van der Waals surface area contributed by atoms with Gasteiger partial charge in [-0.3, -0.25) is 4.79 Å². The minimum Gasteiger partial charge on any atom is -0.394 e. The van der Waals surface area contributed by atoms with E-state index in [4.69, 9.17) is 4.74 Å². The summed E-state index contributed by atoms with van der Waals surface area (Å²) < 4.78 is 5.76. The highest BCUT2D eigenvalue weighted by atomic mass is 16.5. The summed E-state index contributed by atoms with van der Waals surface area (Å²) in [5, 5.41) is 9.81. The van der Waals surface area contributed by atoms with Crippen molar-refractivity contribution in [2.75, 3.05) is 37.7 Å². The third kappa shape index (κ3) is 3.91. The summed E-state index contributed by atoms with van der Waals surface area (Å²) in [6.07, 6.45) is 3.36.